The van der Waals surface area contributed by atoms with Crippen LogP contribution in [0.2, 0.25) is 0 Å². The minimum Gasteiger partial charge on any atom is -0.494 e. The van der Waals surface area contributed by atoms with Crippen molar-refractivity contribution in [3.05, 3.63) is 54.7 Å². The maximum Gasteiger partial charge on any atom is 0.251 e. The third-order valence-corrected chi connectivity index (χ3v) is 6.36. The lowest BCUT2D eigenvalue weighted by atomic mass is 10.0. The molecule has 3 aromatic rings. The Morgan fingerprint density at radius 1 is 1.06 bits per heavy atom. The molecule has 1 aromatic heterocycles. The van der Waals surface area contributed by atoms with Gasteiger partial charge in [0.2, 0.25) is 0 Å². The van der Waals surface area contributed by atoms with Gasteiger partial charge in [-0.25, -0.2) is 0 Å². The lowest BCUT2D eigenvalue weighted by molar-refractivity contribution is -0.142. The molecule has 166 valence electrons. The number of methoxy groups -OCH3 is 1. The second-order valence-electron chi connectivity index (χ2n) is 8.39. The van der Waals surface area contributed by atoms with E-state index in [2.05, 4.69) is 29.2 Å². The van der Waals surface area contributed by atoms with Crippen LogP contribution < -0.4 is 9.47 Å². The number of piperidine rings is 1. The Hall–Kier alpha value is -3.12. The van der Waals surface area contributed by atoms with Gasteiger partial charge in [0.25, 0.3) is 5.91 Å². The third kappa shape index (κ3) is 4.15. The predicted octanol–water partition coefficient (Wildman–Crippen LogP) is 4.46. The monoisotopic (exact) mass is 432 g/mol. The maximum atomic E-state index is 12.5. The number of carbonyl (C=O) groups excluding carboxylic acids is 1. The van der Waals surface area contributed by atoms with Crippen LogP contribution in [0.15, 0.2) is 54.7 Å². The molecule has 0 bridgehead atoms. The Bertz CT molecular complexity index is 1080. The Morgan fingerprint density at radius 2 is 1.88 bits per heavy atom. The highest BCUT2D eigenvalue weighted by Crippen LogP contribution is 2.36. The average Bonchev–Trinajstić information content (AvgIpc) is 3.39. The smallest absolute Gasteiger partial charge is 0.251 e. The lowest BCUT2D eigenvalue weighted by Crippen LogP contribution is -2.45. The van der Waals surface area contributed by atoms with E-state index < -0.39 is 0 Å². The molecule has 1 amide bonds. The van der Waals surface area contributed by atoms with Gasteiger partial charge in [-0.2, -0.15) is 0 Å². The van der Waals surface area contributed by atoms with E-state index in [9.17, 15) is 4.79 Å². The van der Waals surface area contributed by atoms with Crippen molar-refractivity contribution >= 4 is 16.8 Å². The van der Waals surface area contributed by atoms with Crippen molar-refractivity contribution in [3.8, 4) is 22.6 Å². The Balaban J connectivity index is 1.23. The molecule has 5 rings (SSSR count). The number of hydrogen-bond donors (Lipinski definition) is 0. The van der Waals surface area contributed by atoms with Crippen LogP contribution in [0.1, 0.15) is 25.7 Å². The number of carbonyl (C=O) groups is 1. The molecule has 0 aliphatic carbocycles. The highest BCUT2D eigenvalue weighted by Gasteiger charge is 2.31. The molecule has 2 saturated heterocycles. The van der Waals surface area contributed by atoms with Crippen LogP contribution in [0.4, 0.5) is 0 Å². The minimum atomic E-state index is -0.234. The average molecular weight is 433 g/mol. The molecule has 0 spiro atoms. The van der Waals surface area contributed by atoms with Crippen molar-refractivity contribution in [2.24, 2.45) is 0 Å². The molecule has 6 nitrogen and oxygen atoms in total. The summed E-state index contributed by atoms with van der Waals surface area (Å²) in [5, 5.41) is 1.05. The zero-order chi connectivity index (χ0) is 21.9. The number of fused-ring (bicyclic) bond motifs is 1. The SMILES string of the molecule is COc1c(-c2ccc(OC3CCN(C(=O)[C@H]4CCCO4)CC3)cc2)ccc2cccnc12. The Kier molecular flexibility index (Phi) is 5.95. The molecule has 2 fully saturated rings. The van der Waals surface area contributed by atoms with Crippen LogP contribution in [0.3, 0.4) is 0 Å². The summed E-state index contributed by atoms with van der Waals surface area (Å²) in [5.74, 6) is 1.76. The van der Waals surface area contributed by atoms with E-state index in [1.165, 1.54) is 0 Å². The van der Waals surface area contributed by atoms with Crippen LogP contribution >= 0.6 is 0 Å². The van der Waals surface area contributed by atoms with E-state index >= 15 is 0 Å². The number of benzene rings is 2. The van der Waals surface area contributed by atoms with Gasteiger partial charge in [0.15, 0.2) is 5.75 Å². The molecule has 6 heteroatoms. The normalized spacial score (nSPS) is 19.3. The van der Waals surface area contributed by atoms with Crippen molar-refractivity contribution < 1.29 is 19.0 Å². The van der Waals surface area contributed by atoms with Gasteiger partial charge in [0, 0.05) is 49.7 Å². The van der Waals surface area contributed by atoms with Gasteiger partial charge >= 0.3 is 0 Å². The van der Waals surface area contributed by atoms with Crippen LogP contribution in [-0.4, -0.2) is 54.8 Å². The van der Waals surface area contributed by atoms with E-state index in [1.54, 1.807) is 13.3 Å². The van der Waals surface area contributed by atoms with E-state index in [0.717, 1.165) is 72.3 Å². The van der Waals surface area contributed by atoms with Gasteiger partial charge in [-0.05, 0) is 42.7 Å². The van der Waals surface area contributed by atoms with Crippen molar-refractivity contribution in [3.63, 3.8) is 0 Å². The molecule has 0 radical (unpaired) electrons. The first-order valence-corrected chi connectivity index (χ1v) is 11.3. The fourth-order valence-corrected chi connectivity index (χ4v) is 4.63. The second kappa shape index (κ2) is 9.17. The van der Waals surface area contributed by atoms with Gasteiger partial charge in [-0.3, -0.25) is 9.78 Å². The number of likely N-dealkylation sites (tertiary alicyclic amines) is 1. The van der Waals surface area contributed by atoms with Gasteiger partial charge in [-0.1, -0.05) is 24.3 Å². The maximum absolute atomic E-state index is 12.5. The fourth-order valence-electron chi connectivity index (χ4n) is 4.63. The number of pyridine rings is 1. The number of amides is 1. The van der Waals surface area contributed by atoms with Crippen LogP contribution in [0.25, 0.3) is 22.0 Å². The van der Waals surface area contributed by atoms with Crippen molar-refractivity contribution in [2.75, 3.05) is 26.8 Å². The van der Waals surface area contributed by atoms with Gasteiger partial charge in [-0.15, -0.1) is 0 Å². The zero-order valence-electron chi connectivity index (χ0n) is 18.3. The van der Waals surface area contributed by atoms with E-state index in [4.69, 9.17) is 14.2 Å². The molecule has 0 N–H and O–H groups in total. The molecule has 3 heterocycles. The van der Waals surface area contributed by atoms with Gasteiger partial charge in [0.1, 0.15) is 23.5 Å². The summed E-state index contributed by atoms with van der Waals surface area (Å²) >= 11 is 0. The van der Waals surface area contributed by atoms with E-state index in [0.29, 0.717) is 6.61 Å². The first kappa shape index (κ1) is 20.8. The largest absolute Gasteiger partial charge is 0.494 e. The molecular weight excluding hydrogens is 404 g/mol. The highest BCUT2D eigenvalue weighted by molar-refractivity contribution is 5.92. The number of ether oxygens (including phenoxy) is 3. The Morgan fingerprint density at radius 3 is 2.59 bits per heavy atom. The first-order valence-electron chi connectivity index (χ1n) is 11.3. The van der Waals surface area contributed by atoms with Crippen LogP contribution in [0.5, 0.6) is 11.5 Å². The second-order valence-corrected chi connectivity index (χ2v) is 8.39. The number of nitrogens with zero attached hydrogens (tertiary/aromatic N) is 2. The standard InChI is InChI=1S/C26H28N2O4/c1-30-25-22(11-8-19-4-2-14-27-24(19)25)18-6-9-20(10-7-18)32-21-12-15-28(16-13-21)26(29)23-5-3-17-31-23/h2,4,6-11,14,21,23H,3,5,12-13,15-17H2,1H3/t23-/m1/s1. The summed E-state index contributed by atoms with van der Waals surface area (Å²) in [6.45, 7) is 2.15. The molecule has 32 heavy (non-hydrogen) atoms. The van der Waals surface area contributed by atoms with Gasteiger partial charge in [0.05, 0.1) is 7.11 Å². The number of hydrogen-bond acceptors (Lipinski definition) is 5. The topological polar surface area (TPSA) is 60.9 Å². The predicted molar refractivity (Wildman–Crippen MR) is 123 cm³/mol. The molecule has 2 aliphatic heterocycles. The summed E-state index contributed by atoms with van der Waals surface area (Å²) in [4.78, 5) is 18.9. The molecule has 0 saturated carbocycles. The van der Waals surface area contributed by atoms with E-state index in [-0.39, 0.29) is 18.1 Å². The van der Waals surface area contributed by atoms with E-state index in [1.807, 2.05) is 29.2 Å². The van der Waals surface area contributed by atoms with Crippen LogP contribution in [0, 0.1) is 0 Å². The Labute approximate surface area is 188 Å². The summed E-state index contributed by atoms with van der Waals surface area (Å²) in [5.41, 5.74) is 2.92. The summed E-state index contributed by atoms with van der Waals surface area (Å²) in [6.07, 6.45) is 5.17. The first-order chi connectivity index (χ1) is 15.7. The van der Waals surface area contributed by atoms with Crippen molar-refractivity contribution in [1.29, 1.82) is 0 Å². The quantitative estimate of drug-likeness (QED) is 0.596. The zero-order valence-corrected chi connectivity index (χ0v) is 18.3. The molecule has 0 unspecified atom stereocenters. The summed E-state index contributed by atoms with van der Waals surface area (Å²) in [7, 11) is 1.68. The van der Waals surface area contributed by atoms with Crippen molar-refractivity contribution in [1.82, 2.24) is 9.88 Å². The number of aromatic nitrogens is 1. The fraction of sp³-hybridized carbons (Fsp3) is 0.385. The van der Waals surface area contributed by atoms with Crippen molar-refractivity contribution in [2.45, 2.75) is 37.9 Å². The lowest BCUT2D eigenvalue weighted by Gasteiger charge is -2.33. The highest BCUT2D eigenvalue weighted by atomic mass is 16.5. The molecule has 2 aliphatic rings. The summed E-state index contributed by atoms with van der Waals surface area (Å²) in [6, 6.07) is 16.2. The number of rotatable bonds is 5. The summed E-state index contributed by atoms with van der Waals surface area (Å²) < 4.78 is 17.5. The molecule has 2 aromatic carbocycles. The minimum absolute atomic E-state index is 0.119. The molecule has 1 atom stereocenters. The third-order valence-electron chi connectivity index (χ3n) is 6.36. The van der Waals surface area contributed by atoms with Crippen LogP contribution in [-0.2, 0) is 9.53 Å². The molecular formula is C26H28N2O4. The van der Waals surface area contributed by atoms with Gasteiger partial charge < -0.3 is 19.1 Å².